The number of anilines is 1. The van der Waals surface area contributed by atoms with Gasteiger partial charge in [-0.05, 0) is 79.4 Å². The van der Waals surface area contributed by atoms with Crippen molar-refractivity contribution in [2.24, 2.45) is 0 Å². The summed E-state index contributed by atoms with van der Waals surface area (Å²) in [5.41, 5.74) is 0.0663. The van der Waals surface area contributed by atoms with Crippen molar-refractivity contribution < 1.29 is 43.0 Å². The number of hydrogen-bond donors (Lipinski definition) is 2. The van der Waals surface area contributed by atoms with Gasteiger partial charge < -0.3 is 24.8 Å². The predicted octanol–water partition coefficient (Wildman–Crippen LogP) is 3.16. The molecule has 2 amide bonds. The largest absolute Gasteiger partial charge is 0.462 e. The highest BCUT2D eigenvalue weighted by Gasteiger charge is 2.37. The number of amides is 2. The van der Waals surface area contributed by atoms with E-state index in [0.29, 0.717) is 0 Å². The maximum absolute atomic E-state index is 13.3. The number of carbonyl (C=O) groups excluding carboxylic acids is 6. The fourth-order valence-electron chi connectivity index (χ4n) is 2.67. The van der Waals surface area contributed by atoms with E-state index < -0.39 is 53.8 Å². The highest BCUT2D eigenvalue weighted by molar-refractivity contribution is 14.1. The molecule has 11 nitrogen and oxygen atoms in total. The van der Waals surface area contributed by atoms with E-state index in [0.717, 1.165) is 20.8 Å². The molecule has 0 aromatic heterocycles. The van der Waals surface area contributed by atoms with E-state index in [1.807, 2.05) is 22.6 Å². The molecule has 2 N–H and O–H groups in total. The van der Waals surface area contributed by atoms with Crippen LogP contribution in [-0.2, 0) is 33.4 Å². The summed E-state index contributed by atoms with van der Waals surface area (Å²) in [6, 6.07) is 0. The normalized spacial score (nSPS) is 12.0. The lowest BCUT2D eigenvalue weighted by molar-refractivity contribution is -0.175. The molecule has 0 saturated heterocycles. The average molecular weight is 861 g/mol. The minimum Gasteiger partial charge on any atom is -0.462 e. The molecular formula is C21H20ClI3N2O9. The van der Waals surface area contributed by atoms with Crippen LogP contribution in [0.5, 0.6) is 0 Å². The molecule has 0 spiro atoms. The van der Waals surface area contributed by atoms with E-state index >= 15 is 0 Å². The number of hydrogen-bond acceptors (Lipinski definition) is 9. The van der Waals surface area contributed by atoms with E-state index in [-0.39, 0.29) is 34.1 Å². The van der Waals surface area contributed by atoms with Crippen molar-refractivity contribution in [1.29, 1.82) is 0 Å². The number of carbonyl (C=O) groups is 6. The Morgan fingerprint density at radius 3 is 1.94 bits per heavy atom. The van der Waals surface area contributed by atoms with Gasteiger partial charge in [0.1, 0.15) is 6.61 Å². The summed E-state index contributed by atoms with van der Waals surface area (Å²) in [5.74, 6) is -3.98. The molecule has 0 fully saturated rings. The zero-order valence-corrected chi connectivity index (χ0v) is 26.3. The maximum atomic E-state index is 13.3. The summed E-state index contributed by atoms with van der Waals surface area (Å²) in [6.07, 6.45) is -1.77. The van der Waals surface area contributed by atoms with E-state index in [2.05, 4.69) is 17.2 Å². The molecule has 1 rings (SSSR count). The Labute approximate surface area is 252 Å². The number of esters is 3. The van der Waals surface area contributed by atoms with Gasteiger partial charge in [0.2, 0.25) is 6.10 Å². The Morgan fingerprint density at radius 1 is 0.917 bits per heavy atom. The number of rotatable bonds is 11. The van der Waals surface area contributed by atoms with Gasteiger partial charge in [-0.3, -0.25) is 28.8 Å². The molecule has 0 heterocycles. The summed E-state index contributed by atoms with van der Waals surface area (Å²) in [7, 11) is 0. The van der Waals surface area contributed by atoms with E-state index in [1.54, 1.807) is 45.2 Å². The Kier molecular flexibility index (Phi) is 13.5. The van der Waals surface area contributed by atoms with E-state index in [1.165, 1.54) is 6.08 Å². The molecule has 2 atom stereocenters. The second-order valence-corrected chi connectivity index (χ2v) is 10.4. The van der Waals surface area contributed by atoms with Crippen LogP contribution in [0.3, 0.4) is 0 Å². The van der Waals surface area contributed by atoms with Gasteiger partial charge in [-0.1, -0.05) is 6.08 Å². The van der Waals surface area contributed by atoms with Crippen molar-refractivity contribution >= 4 is 120 Å². The van der Waals surface area contributed by atoms with Crippen LogP contribution in [0.1, 0.15) is 41.5 Å². The third-order valence-electron chi connectivity index (χ3n) is 4.05. The second kappa shape index (κ2) is 15.0. The van der Waals surface area contributed by atoms with Gasteiger partial charge in [0.25, 0.3) is 17.1 Å². The highest BCUT2D eigenvalue weighted by atomic mass is 127. The Balaban J connectivity index is 3.63. The van der Waals surface area contributed by atoms with Crippen LogP contribution in [0.15, 0.2) is 12.7 Å². The average Bonchev–Trinajstić information content (AvgIpc) is 2.75. The number of halogens is 4. The minimum atomic E-state index is -1.75. The van der Waals surface area contributed by atoms with Crippen LogP contribution in [0.2, 0.25) is 0 Å². The van der Waals surface area contributed by atoms with Crippen molar-refractivity contribution in [3.05, 3.63) is 34.5 Å². The van der Waals surface area contributed by atoms with Gasteiger partial charge in [0.05, 0.1) is 24.0 Å². The molecular weight excluding hydrogens is 840 g/mol. The van der Waals surface area contributed by atoms with Crippen molar-refractivity contribution in [1.82, 2.24) is 5.32 Å². The monoisotopic (exact) mass is 860 g/mol. The molecule has 15 heteroatoms. The molecule has 0 aliphatic rings. The fourth-order valence-corrected chi connectivity index (χ4v) is 7.59. The zero-order valence-electron chi connectivity index (χ0n) is 19.0. The maximum Gasteiger partial charge on any atom is 0.303 e. The molecule has 0 bridgehead atoms. The van der Waals surface area contributed by atoms with Crippen LogP contribution in [-0.4, -0.2) is 60.3 Å². The SMILES string of the molecule is C=CCNC(=O)c1c(I)c(NC(=O)C(OC(C)=O)C(COC(C)=O)OC(C)=O)c(I)c(C(=O)Cl)c1I. The fraction of sp³-hybridized carbons (Fsp3) is 0.333. The summed E-state index contributed by atoms with van der Waals surface area (Å²) in [4.78, 5) is 72.9. The molecule has 36 heavy (non-hydrogen) atoms. The van der Waals surface area contributed by atoms with Crippen molar-refractivity contribution in [3.63, 3.8) is 0 Å². The Hall–Kier alpha value is -1.54. The third-order valence-corrected chi connectivity index (χ3v) is 7.48. The van der Waals surface area contributed by atoms with Crippen LogP contribution in [0.25, 0.3) is 0 Å². The van der Waals surface area contributed by atoms with Gasteiger partial charge in [0, 0.05) is 30.9 Å². The lowest BCUT2D eigenvalue weighted by Gasteiger charge is -2.26. The van der Waals surface area contributed by atoms with Crippen LogP contribution < -0.4 is 10.6 Å². The van der Waals surface area contributed by atoms with Gasteiger partial charge in [-0.2, -0.15) is 0 Å². The van der Waals surface area contributed by atoms with Gasteiger partial charge >= 0.3 is 17.9 Å². The quantitative estimate of drug-likeness (QED) is 0.112. The summed E-state index contributed by atoms with van der Waals surface area (Å²) in [6.45, 7) is 6.28. The first-order valence-electron chi connectivity index (χ1n) is 9.80. The molecule has 1 aromatic rings. The standard InChI is InChI=1S/C21H20ClI3N2O9/c1-5-6-26-20(32)13-14(23)12(19(22)31)15(24)17(16(13)25)27-21(33)18(36-10(4)30)11(35-9(3)29)7-34-8(2)28/h5,11,18H,1,6-7H2,2-4H3,(H,26,32)(H,27,33). The summed E-state index contributed by atoms with van der Waals surface area (Å²) in [5, 5.41) is 4.25. The number of ether oxygens (including phenoxy) is 3. The zero-order chi connectivity index (χ0) is 27.7. The van der Waals surface area contributed by atoms with Crippen molar-refractivity contribution in [3.8, 4) is 0 Å². The predicted molar refractivity (Wildman–Crippen MR) is 154 cm³/mol. The third kappa shape index (κ3) is 9.09. The minimum absolute atomic E-state index is 0.0283. The smallest absolute Gasteiger partial charge is 0.303 e. The summed E-state index contributed by atoms with van der Waals surface area (Å²) >= 11 is 11.2. The van der Waals surface area contributed by atoms with Crippen molar-refractivity contribution in [2.45, 2.75) is 33.0 Å². The lowest BCUT2D eigenvalue weighted by atomic mass is 10.1. The summed E-state index contributed by atoms with van der Waals surface area (Å²) < 4.78 is 15.7. The van der Waals surface area contributed by atoms with E-state index in [4.69, 9.17) is 25.8 Å². The highest BCUT2D eigenvalue weighted by Crippen LogP contribution is 2.36. The van der Waals surface area contributed by atoms with E-state index in [9.17, 15) is 28.8 Å². The first kappa shape index (κ1) is 32.5. The molecule has 0 aliphatic carbocycles. The van der Waals surface area contributed by atoms with Crippen LogP contribution in [0, 0.1) is 10.7 Å². The Morgan fingerprint density at radius 2 is 1.47 bits per heavy atom. The Bertz CT molecular complexity index is 1110. The molecule has 196 valence electrons. The topological polar surface area (TPSA) is 154 Å². The van der Waals surface area contributed by atoms with Crippen molar-refractivity contribution in [2.75, 3.05) is 18.5 Å². The lowest BCUT2D eigenvalue weighted by Crippen LogP contribution is -2.46. The van der Waals surface area contributed by atoms with Gasteiger partial charge in [-0.15, -0.1) is 6.58 Å². The molecule has 0 aliphatic heterocycles. The van der Waals surface area contributed by atoms with Crippen LogP contribution >= 0.6 is 79.4 Å². The first-order valence-corrected chi connectivity index (χ1v) is 13.4. The van der Waals surface area contributed by atoms with Gasteiger partial charge in [-0.25, -0.2) is 0 Å². The number of nitrogens with one attached hydrogen (secondary N) is 2. The number of benzene rings is 1. The van der Waals surface area contributed by atoms with Crippen LogP contribution in [0.4, 0.5) is 5.69 Å². The molecule has 0 radical (unpaired) electrons. The van der Waals surface area contributed by atoms with Gasteiger partial charge in [0.15, 0.2) is 6.10 Å². The molecule has 0 saturated carbocycles. The molecule has 1 aromatic carbocycles. The molecule has 2 unspecified atom stereocenters. The second-order valence-electron chi connectivity index (χ2n) is 6.81. The first-order chi connectivity index (χ1) is 16.7.